The lowest BCUT2D eigenvalue weighted by Crippen LogP contribution is -2.11. The number of carbonyl (C=O) groups is 1. The number of rotatable bonds is 5. The maximum absolute atomic E-state index is 10.8. The Balaban J connectivity index is 0.00000256. The van der Waals surface area contributed by atoms with Crippen LogP contribution in [0.1, 0.15) is 31.4 Å². The standard InChI is InChI=1S/C12H17NO3.ClH/c1-9(15)16-11-5-2-4-10(8-11)12(13)6-3-7-14;/h2,4-5,8,12,14H,3,6-7,13H2,1H3;1H/t12-;/m0./s1. The van der Waals surface area contributed by atoms with Gasteiger partial charge in [-0.25, -0.2) is 0 Å². The zero-order valence-corrected chi connectivity index (χ0v) is 10.6. The molecule has 0 fully saturated rings. The Morgan fingerprint density at radius 1 is 1.53 bits per heavy atom. The summed E-state index contributed by atoms with van der Waals surface area (Å²) >= 11 is 0. The lowest BCUT2D eigenvalue weighted by Gasteiger charge is -2.12. The topological polar surface area (TPSA) is 72.5 Å². The van der Waals surface area contributed by atoms with E-state index in [-0.39, 0.29) is 31.0 Å². The molecule has 1 aromatic carbocycles. The average Bonchev–Trinajstić information content (AvgIpc) is 2.25. The van der Waals surface area contributed by atoms with Crippen molar-refractivity contribution in [2.45, 2.75) is 25.8 Å². The van der Waals surface area contributed by atoms with Gasteiger partial charge in [0.2, 0.25) is 0 Å². The van der Waals surface area contributed by atoms with E-state index >= 15 is 0 Å². The minimum Gasteiger partial charge on any atom is -0.427 e. The molecule has 0 radical (unpaired) electrons. The third-order valence-electron chi connectivity index (χ3n) is 2.22. The van der Waals surface area contributed by atoms with Crippen LogP contribution in [-0.4, -0.2) is 17.7 Å². The molecule has 0 unspecified atom stereocenters. The number of ether oxygens (including phenoxy) is 1. The molecule has 0 aromatic heterocycles. The van der Waals surface area contributed by atoms with Crippen molar-refractivity contribution in [1.29, 1.82) is 0 Å². The van der Waals surface area contributed by atoms with E-state index in [1.54, 1.807) is 18.2 Å². The number of hydrogen-bond donors (Lipinski definition) is 2. The molecule has 1 rings (SSSR count). The molecule has 17 heavy (non-hydrogen) atoms. The van der Waals surface area contributed by atoms with Crippen LogP contribution in [0.25, 0.3) is 0 Å². The molecule has 0 heterocycles. The SMILES string of the molecule is CC(=O)Oc1cccc([C@@H](N)CCCO)c1.Cl. The van der Waals surface area contributed by atoms with Crippen LogP contribution >= 0.6 is 12.4 Å². The normalized spacial score (nSPS) is 11.5. The monoisotopic (exact) mass is 259 g/mol. The number of hydrogen-bond acceptors (Lipinski definition) is 4. The summed E-state index contributed by atoms with van der Waals surface area (Å²) in [5.41, 5.74) is 6.84. The molecule has 0 aliphatic heterocycles. The van der Waals surface area contributed by atoms with Crippen LogP contribution in [0.5, 0.6) is 5.75 Å². The molecule has 0 aliphatic carbocycles. The average molecular weight is 260 g/mol. The van der Waals surface area contributed by atoms with Gasteiger partial charge in [-0.15, -0.1) is 12.4 Å². The van der Waals surface area contributed by atoms with E-state index in [9.17, 15) is 4.79 Å². The summed E-state index contributed by atoms with van der Waals surface area (Å²) in [6.45, 7) is 1.50. The van der Waals surface area contributed by atoms with Gasteiger partial charge in [-0.1, -0.05) is 12.1 Å². The van der Waals surface area contributed by atoms with Gasteiger partial charge in [-0.2, -0.15) is 0 Å². The van der Waals surface area contributed by atoms with Gasteiger partial charge in [0.25, 0.3) is 0 Å². The van der Waals surface area contributed by atoms with Crippen molar-refractivity contribution in [3.8, 4) is 5.75 Å². The van der Waals surface area contributed by atoms with Crippen molar-refractivity contribution in [3.63, 3.8) is 0 Å². The zero-order chi connectivity index (χ0) is 12.0. The summed E-state index contributed by atoms with van der Waals surface area (Å²) < 4.78 is 4.97. The maximum Gasteiger partial charge on any atom is 0.308 e. The Kier molecular flexibility index (Phi) is 7.54. The maximum atomic E-state index is 10.8. The van der Waals surface area contributed by atoms with Crippen molar-refractivity contribution in [2.24, 2.45) is 5.73 Å². The van der Waals surface area contributed by atoms with E-state index in [2.05, 4.69) is 0 Å². The van der Waals surface area contributed by atoms with Gasteiger partial charge in [0, 0.05) is 19.6 Å². The summed E-state index contributed by atoms with van der Waals surface area (Å²) in [6, 6.07) is 7.01. The smallest absolute Gasteiger partial charge is 0.308 e. The number of esters is 1. The molecule has 1 aromatic rings. The van der Waals surface area contributed by atoms with Gasteiger partial charge in [-0.3, -0.25) is 4.79 Å². The molecule has 96 valence electrons. The fraction of sp³-hybridized carbons (Fsp3) is 0.417. The Morgan fingerprint density at radius 2 is 2.24 bits per heavy atom. The molecule has 0 saturated heterocycles. The largest absolute Gasteiger partial charge is 0.427 e. The highest BCUT2D eigenvalue weighted by molar-refractivity contribution is 5.85. The first-order valence-corrected chi connectivity index (χ1v) is 5.28. The molecule has 4 nitrogen and oxygen atoms in total. The number of carbonyl (C=O) groups excluding carboxylic acids is 1. The molecule has 3 N–H and O–H groups in total. The Hall–Kier alpha value is -1.10. The second-order valence-electron chi connectivity index (χ2n) is 3.64. The number of halogens is 1. The van der Waals surface area contributed by atoms with E-state index in [0.717, 1.165) is 5.56 Å². The zero-order valence-electron chi connectivity index (χ0n) is 9.76. The first-order chi connectivity index (χ1) is 7.63. The lowest BCUT2D eigenvalue weighted by atomic mass is 10.0. The second kappa shape index (κ2) is 8.06. The second-order valence-corrected chi connectivity index (χ2v) is 3.64. The molecule has 1 atom stereocenters. The number of nitrogens with two attached hydrogens (primary N) is 1. The third-order valence-corrected chi connectivity index (χ3v) is 2.22. The van der Waals surface area contributed by atoms with E-state index in [0.29, 0.717) is 18.6 Å². The van der Waals surface area contributed by atoms with Crippen LogP contribution in [0.15, 0.2) is 24.3 Å². The molecule has 0 bridgehead atoms. The number of benzene rings is 1. The first-order valence-electron chi connectivity index (χ1n) is 5.28. The van der Waals surface area contributed by atoms with Crippen molar-refractivity contribution in [3.05, 3.63) is 29.8 Å². The Bertz CT molecular complexity index is 357. The first kappa shape index (κ1) is 15.9. The quantitative estimate of drug-likeness (QED) is 0.625. The minimum absolute atomic E-state index is 0. The van der Waals surface area contributed by atoms with Crippen LogP contribution < -0.4 is 10.5 Å². The summed E-state index contributed by atoms with van der Waals surface area (Å²) in [5, 5.41) is 8.71. The van der Waals surface area contributed by atoms with Crippen molar-refractivity contribution >= 4 is 18.4 Å². The van der Waals surface area contributed by atoms with E-state index in [4.69, 9.17) is 15.6 Å². The number of aliphatic hydroxyl groups excluding tert-OH is 1. The predicted octanol–water partition coefficient (Wildman–Crippen LogP) is 1.81. The van der Waals surface area contributed by atoms with Gasteiger partial charge < -0.3 is 15.6 Å². The Morgan fingerprint density at radius 3 is 2.82 bits per heavy atom. The highest BCUT2D eigenvalue weighted by atomic mass is 35.5. The fourth-order valence-corrected chi connectivity index (χ4v) is 1.45. The van der Waals surface area contributed by atoms with Gasteiger partial charge >= 0.3 is 5.97 Å². The van der Waals surface area contributed by atoms with Gasteiger partial charge in [0.15, 0.2) is 0 Å². The lowest BCUT2D eigenvalue weighted by molar-refractivity contribution is -0.131. The van der Waals surface area contributed by atoms with E-state index in [1.807, 2.05) is 6.07 Å². The van der Waals surface area contributed by atoms with Crippen LogP contribution in [0, 0.1) is 0 Å². The van der Waals surface area contributed by atoms with E-state index < -0.39 is 0 Å². The molecule has 0 aliphatic rings. The molecular weight excluding hydrogens is 242 g/mol. The molecular formula is C12H18ClNO3. The molecule has 0 saturated carbocycles. The van der Waals surface area contributed by atoms with Gasteiger partial charge in [0.1, 0.15) is 5.75 Å². The third kappa shape index (κ3) is 5.68. The Labute approximate surface area is 107 Å². The summed E-state index contributed by atoms with van der Waals surface area (Å²) in [6.07, 6.45) is 1.37. The van der Waals surface area contributed by atoms with Crippen molar-refractivity contribution < 1.29 is 14.6 Å². The summed E-state index contributed by atoms with van der Waals surface area (Å²) in [7, 11) is 0. The molecule has 0 amide bonds. The minimum atomic E-state index is -0.346. The van der Waals surface area contributed by atoms with Gasteiger partial charge in [-0.05, 0) is 30.5 Å². The van der Waals surface area contributed by atoms with Crippen LogP contribution in [0.2, 0.25) is 0 Å². The fourth-order valence-electron chi connectivity index (χ4n) is 1.45. The van der Waals surface area contributed by atoms with Crippen LogP contribution in [-0.2, 0) is 4.79 Å². The van der Waals surface area contributed by atoms with E-state index in [1.165, 1.54) is 6.92 Å². The predicted molar refractivity (Wildman–Crippen MR) is 68.2 cm³/mol. The van der Waals surface area contributed by atoms with Crippen LogP contribution in [0.3, 0.4) is 0 Å². The van der Waals surface area contributed by atoms with Crippen molar-refractivity contribution in [2.75, 3.05) is 6.61 Å². The summed E-state index contributed by atoms with van der Waals surface area (Å²) in [5.74, 6) is 0.158. The summed E-state index contributed by atoms with van der Waals surface area (Å²) in [4.78, 5) is 10.8. The molecule has 0 spiro atoms. The highest BCUT2D eigenvalue weighted by Gasteiger charge is 2.07. The van der Waals surface area contributed by atoms with Gasteiger partial charge in [0.05, 0.1) is 0 Å². The van der Waals surface area contributed by atoms with Crippen molar-refractivity contribution in [1.82, 2.24) is 0 Å². The van der Waals surface area contributed by atoms with Crippen LogP contribution in [0.4, 0.5) is 0 Å². The number of aliphatic hydroxyl groups is 1. The molecule has 5 heteroatoms. The highest BCUT2D eigenvalue weighted by Crippen LogP contribution is 2.20.